The van der Waals surface area contributed by atoms with Crippen LogP contribution in [0.3, 0.4) is 0 Å². The number of aliphatic hydroxyl groups excluding tert-OH is 1. The van der Waals surface area contributed by atoms with Crippen molar-refractivity contribution in [2.75, 3.05) is 12.0 Å². The molecule has 2 heterocycles. The molecule has 5 rings (SSSR count). The molecule has 0 aliphatic carbocycles. The number of hydrogen-bond acceptors (Lipinski definition) is 6. The first-order valence-electron chi connectivity index (χ1n) is 12.6. The molecule has 1 unspecified atom stereocenters. The summed E-state index contributed by atoms with van der Waals surface area (Å²) in [5, 5.41) is 11.8. The average Bonchev–Trinajstić information content (AvgIpc) is 3.45. The molecule has 6 nitrogen and oxygen atoms in total. The van der Waals surface area contributed by atoms with Gasteiger partial charge >= 0.3 is 5.91 Å². The number of amides is 1. The van der Waals surface area contributed by atoms with Gasteiger partial charge in [0.15, 0.2) is 5.13 Å². The molecular weight excluding hydrogens is 496 g/mol. The highest BCUT2D eigenvalue weighted by Gasteiger charge is 2.48. The fourth-order valence-corrected chi connectivity index (χ4v) is 5.75. The quantitative estimate of drug-likeness (QED) is 0.176. The monoisotopic (exact) mass is 526 g/mol. The zero-order valence-corrected chi connectivity index (χ0v) is 22.9. The zero-order chi connectivity index (χ0) is 27.2. The van der Waals surface area contributed by atoms with E-state index in [-0.39, 0.29) is 16.7 Å². The van der Waals surface area contributed by atoms with Gasteiger partial charge in [0.25, 0.3) is 5.78 Å². The largest absolute Gasteiger partial charge is 0.507 e. The van der Waals surface area contributed by atoms with E-state index in [0.29, 0.717) is 16.4 Å². The van der Waals surface area contributed by atoms with E-state index >= 15 is 0 Å². The van der Waals surface area contributed by atoms with Crippen molar-refractivity contribution in [2.45, 2.75) is 45.6 Å². The third kappa shape index (κ3) is 4.47. The predicted octanol–water partition coefficient (Wildman–Crippen LogP) is 6.79. The highest BCUT2D eigenvalue weighted by atomic mass is 32.1. The summed E-state index contributed by atoms with van der Waals surface area (Å²) in [6.07, 6.45) is 0.885. The number of rotatable bonds is 5. The molecule has 7 heteroatoms. The maximum Gasteiger partial charge on any atom is 0.301 e. The van der Waals surface area contributed by atoms with E-state index in [2.05, 4.69) is 33.8 Å². The number of aliphatic hydroxyl groups is 1. The molecule has 0 radical (unpaired) electrons. The molecule has 1 aliphatic heterocycles. The van der Waals surface area contributed by atoms with Crippen LogP contribution in [0.4, 0.5) is 5.13 Å². The zero-order valence-electron chi connectivity index (χ0n) is 22.1. The van der Waals surface area contributed by atoms with E-state index in [0.717, 1.165) is 27.8 Å². The van der Waals surface area contributed by atoms with Crippen molar-refractivity contribution in [3.8, 4) is 5.75 Å². The maximum absolute atomic E-state index is 13.5. The lowest BCUT2D eigenvalue weighted by atomic mass is 9.85. The summed E-state index contributed by atoms with van der Waals surface area (Å²) in [6.45, 7) is 8.47. The number of carbonyl (C=O) groups is 2. The summed E-state index contributed by atoms with van der Waals surface area (Å²) in [7, 11) is 1.56. The number of anilines is 1. The van der Waals surface area contributed by atoms with Gasteiger partial charge in [-0.2, -0.15) is 0 Å². The Morgan fingerprint density at radius 1 is 1.03 bits per heavy atom. The summed E-state index contributed by atoms with van der Waals surface area (Å²) in [5.41, 5.74) is 4.19. The Balaban J connectivity index is 1.69. The van der Waals surface area contributed by atoms with Gasteiger partial charge in [0.1, 0.15) is 11.5 Å². The number of Topliss-reactive ketones (excluding diaryl/α,β-unsaturated/α-hetero) is 1. The van der Waals surface area contributed by atoms with Crippen molar-refractivity contribution in [2.24, 2.45) is 0 Å². The lowest BCUT2D eigenvalue weighted by Gasteiger charge is -2.24. The van der Waals surface area contributed by atoms with Crippen molar-refractivity contribution in [3.63, 3.8) is 0 Å². The normalized spacial score (nSPS) is 17.4. The molecule has 1 aromatic heterocycles. The van der Waals surface area contributed by atoms with Crippen LogP contribution in [0, 0.1) is 0 Å². The summed E-state index contributed by atoms with van der Waals surface area (Å²) < 4.78 is 6.17. The molecule has 38 heavy (non-hydrogen) atoms. The Hall–Kier alpha value is -3.97. The van der Waals surface area contributed by atoms with E-state index in [1.165, 1.54) is 21.8 Å². The van der Waals surface area contributed by atoms with Gasteiger partial charge in [0.2, 0.25) is 0 Å². The fourth-order valence-electron chi connectivity index (χ4n) is 4.69. The number of fused-ring (bicyclic) bond motifs is 1. The molecule has 1 aliphatic rings. The van der Waals surface area contributed by atoms with Gasteiger partial charge in [-0.25, -0.2) is 4.98 Å². The number of aromatic nitrogens is 1. The van der Waals surface area contributed by atoms with Crippen molar-refractivity contribution < 1.29 is 19.4 Å². The molecule has 1 atom stereocenters. The Bertz CT molecular complexity index is 1560. The van der Waals surface area contributed by atoms with Gasteiger partial charge in [0, 0.05) is 5.56 Å². The summed E-state index contributed by atoms with van der Waals surface area (Å²) >= 11 is 1.37. The second kappa shape index (κ2) is 9.72. The van der Waals surface area contributed by atoms with Crippen LogP contribution >= 0.6 is 11.3 Å². The Morgan fingerprint density at radius 3 is 2.32 bits per heavy atom. The molecule has 0 saturated carbocycles. The fraction of sp³-hybridized carbons (Fsp3) is 0.258. The van der Waals surface area contributed by atoms with Crippen LogP contribution < -0.4 is 9.64 Å². The van der Waals surface area contributed by atoms with Gasteiger partial charge < -0.3 is 9.84 Å². The van der Waals surface area contributed by atoms with Gasteiger partial charge in [-0.3, -0.25) is 14.5 Å². The molecule has 4 aromatic rings. The number of carbonyl (C=O) groups excluding carboxylic acids is 2. The molecule has 3 aromatic carbocycles. The Labute approximate surface area is 226 Å². The summed E-state index contributed by atoms with van der Waals surface area (Å²) in [4.78, 5) is 33.2. The van der Waals surface area contributed by atoms with Gasteiger partial charge in [-0.15, -0.1) is 0 Å². The second-order valence-electron chi connectivity index (χ2n) is 10.4. The minimum Gasteiger partial charge on any atom is -0.507 e. The smallest absolute Gasteiger partial charge is 0.301 e. The van der Waals surface area contributed by atoms with Crippen LogP contribution in [0.2, 0.25) is 0 Å². The molecule has 1 fully saturated rings. The first kappa shape index (κ1) is 25.7. The number of thiazole rings is 1. The lowest BCUT2D eigenvalue weighted by molar-refractivity contribution is -0.132. The number of methoxy groups -OCH3 is 1. The van der Waals surface area contributed by atoms with E-state index in [1.54, 1.807) is 31.4 Å². The first-order chi connectivity index (χ1) is 18.1. The highest BCUT2D eigenvalue weighted by molar-refractivity contribution is 7.22. The topological polar surface area (TPSA) is 79.7 Å². The van der Waals surface area contributed by atoms with Crippen molar-refractivity contribution >= 4 is 44.1 Å². The Morgan fingerprint density at radius 2 is 1.71 bits per heavy atom. The molecule has 1 amide bonds. The average molecular weight is 527 g/mol. The van der Waals surface area contributed by atoms with E-state index in [1.807, 2.05) is 36.4 Å². The SMILES string of the molecule is CCc1ccc2nc(N3C(=O)C(=O)/C(=C(/O)c4ccc(OC)cc4)C3c3ccc(C(C)(C)C)cc3)sc2c1. The number of hydrogen-bond donors (Lipinski definition) is 1. The summed E-state index contributed by atoms with van der Waals surface area (Å²) in [6, 6.07) is 19.8. The minimum atomic E-state index is -0.822. The Kier molecular flexibility index (Phi) is 6.57. The lowest BCUT2D eigenvalue weighted by Crippen LogP contribution is -2.29. The van der Waals surface area contributed by atoms with E-state index < -0.39 is 17.7 Å². The first-order valence-corrected chi connectivity index (χ1v) is 13.4. The third-order valence-electron chi connectivity index (χ3n) is 6.96. The van der Waals surface area contributed by atoms with Crippen LogP contribution in [0.1, 0.15) is 56.0 Å². The molecule has 1 N–H and O–H groups in total. The number of benzene rings is 3. The van der Waals surface area contributed by atoms with E-state index in [9.17, 15) is 14.7 Å². The number of ether oxygens (including phenoxy) is 1. The van der Waals surface area contributed by atoms with Crippen molar-refractivity contribution in [1.82, 2.24) is 4.98 Å². The second-order valence-corrected chi connectivity index (χ2v) is 11.4. The van der Waals surface area contributed by atoms with Gasteiger partial charge in [-0.05, 0) is 64.9 Å². The van der Waals surface area contributed by atoms with Crippen molar-refractivity contribution in [3.05, 3.63) is 94.6 Å². The third-order valence-corrected chi connectivity index (χ3v) is 7.97. The summed E-state index contributed by atoms with van der Waals surface area (Å²) in [5.74, 6) is -1.05. The van der Waals surface area contributed by atoms with Crippen LogP contribution in [0.5, 0.6) is 5.75 Å². The van der Waals surface area contributed by atoms with Crippen LogP contribution in [-0.2, 0) is 21.4 Å². The standard InChI is InChI=1S/C31H30N2O4S/c1-6-18-7-16-23-24(17-18)38-30(32-23)33-26(19-8-12-21(13-9-19)31(2,3)4)25(28(35)29(33)36)27(34)20-10-14-22(37-5)15-11-20/h7-17,26,34H,6H2,1-5H3/b27-25+. The van der Waals surface area contributed by atoms with Gasteiger partial charge in [-0.1, -0.05) is 69.4 Å². The molecule has 0 bridgehead atoms. The highest BCUT2D eigenvalue weighted by Crippen LogP contribution is 2.44. The van der Waals surface area contributed by atoms with Crippen LogP contribution in [0.25, 0.3) is 16.0 Å². The molecule has 0 spiro atoms. The molecule has 194 valence electrons. The number of nitrogens with zero attached hydrogens (tertiary/aromatic N) is 2. The maximum atomic E-state index is 13.5. The molecular formula is C31H30N2O4S. The van der Waals surface area contributed by atoms with E-state index in [4.69, 9.17) is 9.72 Å². The van der Waals surface area contributed by atoms with Crippen molar-refractivity contribution in [1.29, 1.82) is 0 Å². The predicted molar refractivity (Wildman–Crippen MR) is 152 cm³/mol. The number of aryl methyl sites for hydroxylation is 1. The van der Waals surface area contributed by atoms with Crippen LogP contribution in [-0.4, -0.2) is 28.9 Å². The minimum absolute atomic E-state index is 0.0391. The van der Waals surface area contributed by atoms with Crippen LogP contribution in [0.15, 0.2) is 72.3 Å². The molecule has 1 saturated heterocycles. The number of ketones is 1. The van der Waals surface area contributed by atoms with Gasteiger partial charge in [0.05, 0.1) is 28.9 Å².